The second kappa shape index (κ2) is 5.01. The van der Waals surface area contributed by atoms with Gasteiger partial charge in [0.1, 0.15) is 0 Å². The largest absolute Gasteiger partial charge is 0.318 e. The summed E-state index contributed by atoms with van der Waals surface area (Å²) in [5.74, 6) is -0.548. The fraction of sp³-hybridized carbons (Fsp3) is 0.125. The first kappa shape index (κ1) is 13.3. The van der Waals surface area contributed by atoms with E-state index in [2.05, 4.69) is 5.10 Å². The molecule has 0 amide bonds. The average molecular weight is 283 g/mol. The summed E-state index contributed by atoms with van der Waals surface area (Å²) < 4.78 is 16.9. The van der Waals surface area contributed by atoms with Crippen LogP contribution in [0.4, 0.5) is 4.39 Å². The van der Waals surface area contributed by atoms with Crippen LogP contribution in [0.5, 0.6) is 0 Å². The van der Waals surface area contributed by atoms with Crippen LogP contribution in [0, 0.1) is 5.95 Å². The third-order valence-corrected chi connectivity index (χ3v) is 3.39. The lowest BCUT2D eigenvalue weighted by molar-refractivity contribution is 0.555. The number of hydrogen-bond donors (Lipinski definition) is 0. The molecule has 0 aliphatic carbocycles. The van der Waals surface area contributed by atoms with Crippen LogP contribution in [0.3, 0.4) is 0 Å². The van der Waals surface area contributed by atoms with E-state index in [0.29, 0.717) is 16.7 Å². The van der Waals surface area contributed by atoms with Gasteiger partial charge in [-0.25, -0.2) is 0 Å². The van der Waals surface area contributed by atoms with E-state index in [1.165, 1.54) is 15.3 Å². The summed E-state index contributed by atoms with van der Waals surface area (Å²) in [4.78, 5) is 11.9. The van der Waals surface area contributed by atoms with E-state index in [-0.39, 0.29) is 5.56 Å². The highest BCUT2D eigenvalue weighted by Gasteiger charge is 2.16. The molecule has 0 aliphatic rings. The van der Waals surface area contributed by atoms with Gasteiger partial charge in [0, 0.05) is 38.1 Å². The molecular formula is C16H14FN3O. The molecule has 0 N–H and O–H groups in total. The van der Waals surface area contributed by atoms with Crippen LogP contribution in [0.15, 0.2) is 53.6 Å². The molecule has 0 fully saturated rings. The molecule has 0 atom stereocenters. The molecule has 0 radical (unpaired) electrons. The molecule has 106 valence electrons. The average Bonchev–Trinajstić information content (AvgIpc) is 2.81. The number of aryl methyl sites for hydroxylation is 2. The van der Waals surface area contributed by atoms with Gasteiger partial charge in [-0.15, -0.1) is 5.10 Å². The van der Waals surface area contributed by atoms with Gasteiger partial charge in [-0.1, -0.05) is 30.3 Å². The second-order valence-corrected chi connectivity index (χ2v) is 4.92. The van der Waals surface area contributed by atoms with E-state index in [1.807, 2.05) is 30.3 Å². The van der Waals surface area contributed by atoms with E-state index in [4.69, 9.17) is 0 Å². The smallest absolute Gasteiger partial charge is 0.250 e. The van der Waals surface area contributed by atoms with Gasteiger partial charge in [0.2, 0.25) is 5.95 Å². The predicted octanol–water partition coefficient (Wildman–Crippen LogP) is 2.59. The summed E-state index contributed by atoms with van der Waals surface area (Å²) in [5, 5.41) is 3.74. The maximum atomic E-state index is 14.0. The highest BCUT2D eigenvalue weighted by Crippen LogP contribution is 2.31. The molecule has 0 saturated carbocycles. The van der Waals surface area contributed by atoms with Crippen molar-refractivity contribution in [2.75, 3.05) is 0 Å². The van der Waals surface area contributed by atoms with Gasteiger partial charge in [0.25, 0.3) is 5.56 Å². The molecule has 5 heteroatoms. The Labute approximate surface area is 121 Å². The number of rotatable bonds is 2. The zero-order valence-electron chi connectivity index (χ0n) is 11.7. The molecule has 4 nitrogen and oxygen atoms in total. The minimum absolute atomic E-state index is 0.137. The van der Waals surface area contributed by atoms with Crippen LogP contribution in [-0.4, -0.2) is 14.3 Å². The molecule has 0 unspecified atom stereocenters. The molecule has 0 saturated heterocycles. The van der Waals surface area contributed by atoms with Crippen LogP contribution in [0.1, 0.15) is 0 Å². The maximum Gasteiger partial charge on any atom is 0.250 e. The first-order valence-electron chi connectivity index (χ1n) is 6.52. The maximum absolute atomic E-state index is 14.0. The van der Waals surface area contributed by atoms with E-state index in [9.17, 15) is 9.18 Å². The fourth-order valence-electron chi connectivity index (χ4n) is 2.34. The van der Waals surface area contributed by atoms with Gasteiger partial charge in [0.15, 0.2) is 0 Å². The van der Waals surface area contributed by atoms with Crippen molar-refractivity contribution in [3.8, 4) is 22.3 Å². The molecule has 0 spiro atoms. The number of benzene rings is 1. The predicted molar refractivity (Wildman–Crippen MR) is 79.3 cm³/mol. The molecule has 0 bridgehead atoms. The molecule has 2 heterocycles. The minimum atomic E-state index is -0.548. The van der Waals surface area contributed by atoms with Crippen molar-refractivity contribution in [2.45, 2.75) is 0 Å². The molecular weight excluding hydrogens is 269 g/mol. The highest BCUT2D eigenvalue weighted by molar-refractivity contribution is 5.82. The molecule has 0 aliphatic heterocycles. The first-order valence-corrected chi connectivity index (χ1v) is 6.52. The van der Waals surface area contributed by atoms with E-state index >= 15 is 0 Å². The van der Waals surface area contributed by atoms with Crippen molar-refractivity contribution in [1.82, 2.24) is 14.3 Å². The molecule has 1 aromatic carbocycles. The minimum Gasteiger partial charge on any atom is -0.318 e. The number of nitrogens with zero attached hydrogens (tertiary/aromatic N) is 3. The van der Waals surface area contributed by atoms with Crippen molar-refractivity contribution in [1.29, 1.82) is 0 Å². The van der Waals surface area contributed by atoms with Crippen molar-refractivity contribution in [3.05, 3.63) is 65.1 Å². The monoisotopic (exact) mass is 283 g/mol. The Balaban J connectivity index is 2.32. The Morgan fingerprint density at radius 1 is 1.00 bits per heavy atom. The Morgan fingerprint density at radius 3 is 2.33 bits per heavy atom. The van der Waals surface area contributed by atoms with Gasteiger partial charge < -0.3 is 4.57 Å². The zero-order chi connectivity index (χ0) is 15.0. The third-order valence-electron chi connectivity index (χ3n) is 3.39. The van der Waals surface area contributed by atoms with Crippen LogP contribution in [0.2, 0.25) is 0 Å². The summed E-state index contributed by atoms with van der Waals surface area (Å²) in [5.41, 5.74) is 2.46. The van der Waals surface area contributed by atoms with Gasteiger partial charge in [-0.3, -0.25) is 9.48 Å². The Bertz CT molecular complexity index is 850. The lowest BCUT2D eigenvalue weighted by Crippen LogP contribution is -2.15. The fourth-order valence-corrected chi connectivity index (χ4v) is 2.34. The van der Waals surface area contributed by atoms with Gasteiger partial charge in [-0.05, 0) is 11.1 Å². The standard InChI is InChI=1S/C16H14FN3O/c1-19-9-13(14-10-20(2)18-16(14)17)12(8-15(19)21)11-6-4-3-5-7-11/h3-10H,1-2H3. The zero-order valence-corrected chi connectivity index (χ0v) is 11.7. The number of hydrogen-bond acceptors (Lipinski definition) is 2. The summed E-state index contributed by atoms with van der Waals surface area (Å²) in [6, 6.07) is 11.0. The number of pyridine rings is 1. The second-order valence-electron chi connectivity index (χ2n) is 4.92. The van der Waals surface area contributed by atoms with E-state index in [0.717, 1.165) is 5.56 Å². The van der Waals surface area contributed by atoms with Crippen molar-refractivity contribution >= 4 is 0 Å². The summed E-state index contributed by atoms with van der Waals surface area (Å²) in [6.45, 7) is 0. The van der Waals surface area contributed by atoms with Crippen molar-refractivity contribution in [3.63, 3.8) is 0 Å². The summed E-state index contributed by atoms with van der Waals surface area (Å²) >= 11 is 0. The summed E-state index contributed by atoms with van der Waals surface area (Å²) in [7, 11) is 3.31. The van der Waals surface area contributed by atoms with Crippen molar-refractivity contribution in [2.24, 2.45) is 14.1 Å². The van der Waals surface area contributed by atoms with Crippen LogP contribution in [0.25, 0.3) is 22.3 Å². The van der Waals surface area contributed by atoms with Crippen molar-refractivity contribution < 1.29 is 4.39 Å². The summed E-state index contributed by atoms with van der Waals surface area (Å²) in [6.07, 6.45) is 3.26. The Morgan fingerprint density at radius 2 is 1.71 bits per heavy atom. The highest BCUT2D eigenvalue weighted by atomic mass is 19.1. The van der Waals surface area contributed by atoms with Gasteiger partial charge in [-0.2, -0.15) is 4.39 Å². The quantitative estimate of drug-likeness (QED) is 0.725. The van der Waals surface area contributed by atoms with E-state index in [1.54, 1.807) is 26.5 Å². The lowest BCUT2D eigenvalue weighted by atomic mass is 9.98. The van der Waals surface area contributed by atoms with E-state index < -0.39 is 5.95 Å². The lowest BCUT2D eigenvalue weighted by Gasteiger charge is -2.10. The Kier molecular flexibility index (Phi) is 3.17. The first-order chi connectivity index (χ1) is 10.1. The number of aromatic nitrogens is 3. The van der Waals surface area contributed by atoms with Crippen LogP contribution < -0.4 is 5.56 Å². The van der Waals surface area contributed by atoms with Gasteiger partial charge >= 0.3 is 0 Å². The normalized spacial score (nSPS) is 10.8. The Hall–Kier alpha value is -2.69. The topological polar surface area (TPSA) is 39.8 Å². The molecule has 3 aromatic rings. The van der Waals surface area contributed by atoms with Gasteiger partial charge in [0.05, 0.1) is 5.56 Å². The molecule has 21 heavy (non-hydrogen) atoms. The molecule has 2 aromatic heterocycles. The SMILES string of the molecule is Cn1cc(-c2cn(C)c(=O)cc2-c2ccccc2)c(F)n1. The third kappa shape index (κ3) is 2.38. The van der Waals surface area contributed by atoms with Crippen LogP contribution in [-0.2, 0) is 14.1 Å². The van der Waals surface area contributed by atoms with Crippen LogP contribution >= 0.6 is 0 Å². The number of halogens is 1. The molecule has 3 rings (SSSR count).